The second-order valence-electron chi connectivity index (χ2n) is 7.15. The second kappa shape index (κ2) is 9.10. The van der Waals surface area contributed by atoms with Crippen LogP contribution in [0.1, 0.15) is 15.9 Å². The van der Waals surface area contributed by atoms with Crippen LogP contribution in [-0.2, 0) is 4.79 Å². The maximum absolute atomic E-state index is 12.5. The van der Waals surface area contributed by atoms with E-state index in [2.05, 4.69) is 5.32 Å². The fraction of sp³-hybridized carbons (Fsp3) is 0.167. The van der Waals surface area contributed by atoms with Gasteiger partial charge in [0.1, 0.15) is 18.1 Å². The summed E-state index contributed by atoms with van der Waals surface area (Å²) in [4.78, 5) is 26.6. The monoisotopic (exact) mass is 436 g/mol. The number of nitrogens with zero attached hydrogens (tertiary/aromatic N) is 1. The van der Waals surface area contributed by atoms with Crippen LogP contribution in [0.5, 0.6) is 11.5 Å². The first kappa shape index (κ1) is 20.8. The molecule has 3 aromatic carbocycles. The zero-order valence-electron chi connectivity index (χ0n) is 16.9. The number of amides is 2. The summed E-state index contributed by atoms with van der Waals surface area (Å²) in [6.45, 7) is 2.64. The number of hydrogen-bond acceptors (Lipinski definition) is 4. The highest BCUT2D eigenvalue weighted by Crippen LogP contribution is 2.34. The minimum absolute atomic E-state index is 0.0360. The largest absolute Gasteiger partial charge is 0.492 e. The summed E-state index contributed by atoms with van der Waals surface area (Å²) in [5.41, 5.74) is 2.69. The molecule has 1 aliphatic heterocycles. The number of benzene rings is 3. The molecule has 1 aliphatic rings. The number of carbonyl (C=O) groups is 2. The predicted octanol–water partition coefficient (Wildman–Crippen LogP) is 4.71. The zero-order valence-corrected chi connectivity index (χ0v) is 17.7. The Morgan fingerprint density at radius 1 is 1.13 bits per heavy atom. The van der Waals surface area contributed by atoms with Crippen molar-refractivity contribution in [2.45, 2.75) is 6.92 Å². The molecule has 0 radical (unpaired) electrons. The Morgan fingerprint density at radius 2 is 1.97 bits per heavy atom. The molecule has 2 amide bonds. The third-order valence-electron chi connectivity index (χ3n) is 4.82. The highest BCUT2D eigenvalue weighted by Gasteiger charge is 2.26. The summed E-state index contributed by atoms with van der Waals surface area (Å²) in [5, 5.41) is 3.32. The Balaban J connectivity index is 1.48. The van der Waals surface area contributed by atoms with Crippen LogP contribution in [0.15, 0.2) is 66.7 Å². The number of rotatable bonds is 6. The molecule has 7 heteroatoms. The van der Waals surface area contributed by atoms with Crippen LogP contribution in [0, 0.1) is 6.92 Å². The van der Waals surface area contributed by atoms with Gasteiger partial charge in [-0.05, 0) is 61.0 Å². The molecular formula is C24H21ClN2O4. The van der Waals surface area contributed by atoms with E-state index in [1.54, 1.807) is 47.4 Å². The Hall–Kier alpha value is -3.51. The highest BCUT2D eigenvalue weighted by molar-refractivity contribution is 6.31. The minimum atomic E-state index is -0.292. The molecule has 1 heterocycles. The fourth-order valence-electron chi connectivity index (χ4n) is 3.32. The maximum atomic E-state index is 12.5. The smallest absolute Gasteiger partial charge is 0.265 e. The van der Waals surface area contributed by atoms with Crippen LogP contribution in [0.4, 0.5) is 11.4 Å². The average molecular weight is 437 g/mol. The van der Waals surface area contributed by atoms with Gasteiger partial charge >= 0.3 is 0 Å². The van der Waals surface area contributed by atoms with Crippen LogP contribution in [-0.4, -0.2) is 31.6 Å². The van der Waals surface area contributed by atoms with Crippen LogP contribution < -0.4 is 19.7 Å². The Labute approximate surface area is 185 Å². The van der Waals surface area contributed by atoms with Crippen molar-refractivity contribution in [1.82, 2.24) is 0 Å². The lowest BCUT2D eigenvalue weighted by Crippen LogP contribution is -2.41. The first-order chi connectivity index (χ1) is 15.0. The standard InChI is InChI=1S/C24H21ClN2O4/c1-16-4-2-7-20(12-16)30-11-10-27-21-14-19(8-9-22(21)31-15-23(27)28)26-24(29)17-5-3-6-18(25)13-17/h2-9,12-14H,10-11,15H2,1H3,(H,26,29). The molecule has 0 saturated heterocycles. The second-order valence-corrected chi connectivity index (χ2v) is 7.58. The van der Waals surface area contributed by atoms with E-state index in [4.69, 9.17) is 21.1 Å². The lowest BCUT2D eigenvalue weighted by atomic mass is 10.1. The lowest BCUT2D eigenvalue weighted by molar-refractivity contribution is -0.121. The lowest BCUT2D eigenvalue weighted by Gasteiger charge is -2.29. The van der Waals surface area contributed by atoms with Gasteiger partial charge in [-0.1, -0.05) is 29.8 Å². The summed E-state index contributed by atoms with van der Waals surface area (Å²) >= 11 is 5.97. The molecular weight excluding hydrogens is 416 g/mol. The molecule has 0 unspecified atom stereocenters. The molecule has 6 nitrogen and oxygen atoms in total. The van der Waals surface area contributed by atoms with Gasteiger partial charge in [0.2, 0.25) is 0 Å². The number of halogens is 1. The summed E-state index contributed by atoms with van der Waals surface area (Å²) < 4.78 is 11.3. The minimum Gasteiger partial charge on any atom is -0.492 e. The third-order valence-corrected chi connectivity index (χ3v) is 5.05. The van der Waals surface area contributed by atoms with Crippen LogP contribution >= 0.6 is 11.6 Å². The van der Waals surface area contributed by atoms with E-state index in [0.717, 1.165) is 11.3 Å². The third kappa shape index (κ3) is 4.98. The number of carbonyl (C=O) groups excluding carboxylic acids is 2. The van der Waals surface area contributed by atoms with Gasteiger partial charge in [-0.15, -0.1) is 0 Å². The van der Waals surface area contributed by atoms with Crippen LogP contribution in [0.25, 0.3) is 0 Å². The molecule has 0 bridgehead atoms. The van der Waals surface area contributed by atoms with E-state index in [0.29, 0.717) is 40.9 Å². The molecule has 0 spiro atoms. The molecule has 158 valence electrons. The highest BCUT2D eigenvalue weighted by atomic mass is 35.5. The van der Waals surface area contributed by atoms with Gasteiger partial charge in [0.05, 0.1) is 12.2 Å². The van der Waals surface area contributed by atoms with Crippen molar-refractivity contribution >= 4 is 34.8 Å². The zero-order chi connectivity index (χ0) is 21.8. The van der Waals surface area contributed by atoms with Gasteiger partial charge < -0.3 is 19.7 Å². The van der Waals surface area contributed by atoms with Crippen molar-refractivity contribution in [1.29, 1.82) is 0 Å². The average Bonchev–Trinajstić information content (AvgIpc) is 2.75. The number of anilines is 2. The molecule has 0 atom stereocenters. The van der Waals surface area contributed by atoms with E-state index in [9.17, 15) is 9.59 Å². The van der Waals surface area contributed by atoms with E-state index >= 15 is 0 Å². The summed E-state index contributed by atoms with van der Waals surface area (Å²) in [6, 6.07) is 19.6. The Morgan fingerprint density at radius 3 is 2.77 bits per heavy atom. The van der Waals surface area contributed by atoms with Crippen molar-refractivity contribution in [3.63, 3.8) is 0 Å². The molecule has 0 aromatic heterocycles. The maximum Gasteiger partial charge on any atom is 0.265 e. The van der Waals surface area contributed by atoms with Gasteiger partial charge in [-0.2, -0.15) is 0 Å². The molecule has 0 fully saturated rings. The van der Waals surface area contributed by atoms with Gasteiger partial charge in [0, 0.05) is 16.3 Å². The van der Waals surface area contributed by atoms with E-state index in [1.807, 2.05) is 31.2 Å². The topological polar surface area (TPSA) is 67.9 Å². The van der Waals surface area contributed by atoms with Crippen molar-refractivity contribution in [2.75, 3.05) is 30.0 Å². The van der Waals surface area contributed by atoms with E-state index in [1.165, 1.54) is 0 Å². The molecule has 0 aliphatic carbocycles. The number of aryl methyl sites for hydroxylation is 1. The van der Waals surface area contributed by atoms with E-state index in [-0.39, 0.29) is 18.4 Å². The molecule has 3 aromatic rings. The van der Waals surface area contributed by atoms with Crippen molar-refractivity contribution in [3.05, 3.63) is 82.9 Å². The molecule has 1 N–H and O–H groups in total. The number of fused-ring (bicyclic) bond motifs is 1. The molecule has 4 rings (SSSR count). The molecule has 0 saturated carbocycles. The Kier molecular flexibility index (Phi) is 6.09. The Bertz CT molecular complexity index is 1130. The first-order valence-corrected chi connectivity index (χ1v) is 10.2. The van der Waals surface area contributed by atoms with E-state index < -0.39 is 0 Å². The van der Waals surface area contributed by atoms with Crippen LogP contribution in [0.3, 0.4) is 0 Å². The van der Waals surface area contributed by atoms with Crippen LogP contribution in [0.2, 0.25) is 5.02 Å². The van der Waals surface area contributed by atoms with Gasteiger partial charge in [0.15, 0.2) is 6.61 Å². The SMILES string of the molecule is Cc1cccc(OCCN2C(=O)COc3ccc(NC(=O)c4cccc(Cl)c4)cc32)c1. The summed E-state index contributed by atoms with van der Waals surface area (Å²) in [5.74, 6) is 0.873. The van der Waals surface area contributed by atoms with Gasteiger partial charge in [-0.3, -0.25) is 9.59 Å². The van der Waals surface area contributed by atoms with Gasteiger partial charge in [0.25, 0.3) is 11.8 Å². The van der Waals surface area contributed by atoms with Gasteiger partial charge in [-0.25, -0.2) is 0 Å². The number of hydrogen-bond donors (Lipinski definition) is 1. The summed E-state index contributed by atoms with van der Waals surface area (Å²) in [7, 11) is 0. The van der Waals surface area contributed by atoms with Crippen molar-refractivity contribution in [2.24, 2.45) is 0 Å². The van der Waals surface area contributed by atoms with Crippen molar-refractivity contribution < 1.29 is 19.1 Å². The number of nitrogens with one attached hydrogen (secondary N) is 1. The summed E-state index contributed by atoms with van der Waals surface area (Å²) in [6.07, 6.45) is 0. The first-order valence-electron chi connectivity index (χ1n) is 9.83. The molecule has 31 heavy (non-hydrogen) atoms. The normalized spacial score (nSPS) is 12.7. The van der Waals surface area contributed by atoms with Crippen molar-refractivity contribution in [3.8, 4) is 11.5 Å². The quantitative estimate of drug-likeness (QED) is 0.608. The number of ether oxygens (including phenoxy) is 2. The predicted molar refractivity (Wildman–Crippen MR) is 120 cm³/mol. The fourth-order valence-corrected chi connectivity index (χ4v) is 3.51.